The first-order valence-corrected chi connectivity index (χ1v) is 9.03. The highest BCUT2D eigenvalue weighted by molar-refractivity contribution is 9.10. The lowest BCUT2D eigenvalue weighted by Crippen LogP contribution is -2.33. The lowest BCUT2D eigenvalue weighted by Gasteiger charge is -2.27. The van der Waals surface area contributed by atoms with Gasteiger partial charge in [0.05, 0.1) is 23.0 Å². The van der Waals surface area contributed by atoms with E-state index in [1.807, 2.05) is 42.5 Å². The molecule has 0 aliphatic carbocycles. The molecule has 0 bridgehead atoms. The predicted molar refractivity (Wildman–Crippen MR) is 97.6 cm³/mol. The average molecular weight is 401 g/mol. The first-order chi connectivity index (χ1) is 12.1. The zero-order chi connectivity index (χ0) is 17.4. The fourth-order valence-electron chi connectivity index (χ4n) is 3.45. The topological polar surface area (TPSA) is 67.4 Å². The Labute approximate surface area is 153 Å². The Morgan fingerprint density at radius 3 is 2.88 bits per heavy atom. The average Bonchev–Trinajstić information content (AvgIpc) is 2.92. The molecule has 2 aliphatic rings. The molecule has 25 heavy (non-hydrogen) atoms. The normalized spacial score (nSPS) is 20.9. The van der Waals surface area contributed by atoms with Crippen LogP contribution in [0.1, 0.15) is 35.9 Å². The maximum Gasteiger partial charge on any atom is 0.232 e. The largest absolute Gasteiger partial charge is 0.492 e. The van der Waals surface area contributed by atoms with Gasteiger partial charge in [0, 0.05) is 24.1 Å². The van der Waals surface area contributed by atoms with Crippen molar-refractivity contribution < 1.29 is 14.3 Å². The van der Waals surface area contributed by atoms with E-state index in [1.165, 1.54) is 0 Å². The van der Waals surface area contributed by atoms with Gasteiger partial charge in [-0.15, -0.1) is 0 Å². The maximum absolute atomic E-state index is 12.6. The summed E-state index contributed by atoms with van der Waals surface area (Å²) in [6.45, 7) is 0.549. The molecule has 2 aromatic carbocycles. The van der Waals surface area contributed by atoms with Crippen LogP contribution in [0.2, 0.25) is 0 Å². The van der Waals surface area contributed by atoms with Gasteiger partial charge in [-0.25, -0.2) is 0 Å². The van der Waals surface area contributed by atoms with Crippen LogP contribution in [0.3, 0.4) is 0 Å². The van der Waals surface area contributed by atoms with Gasteiger partial charge in [0.1, 0.15) is 5.75 Å². The summed E-state index contributed by atoms with van der Waals surface area (Å²) >= 11 is 3.48. The third-order valence-corrected chi connectivity index (χ3v) is 5.29. The third kappa shape index (κ3) is 3.02. The second-order valence-corrected chi connectivity index (χ2v) is 7.10. The van der Waals surface area contributed by atoms with Crippen molar-refractivity contribution in [2.45, 2.75) is 24.8 Å². The van der Waals surface area contributed by atoms with E-state index in [4.69, 9.17) is 4.74 Å². The molecule has 2 aliphatic heterocycles. The number of carbonyl (C=O) groups excluding carboxylic acids is 2. The summed E-state index contributed by atoms with van der Waals surface area (Å²) in [6.07, 6.45) is 0.853. The molecule has 0 spiro atoms. The van der Waals surface area contributed by atoms with E-state index in [0.717, 1.165) is 27.0 Å². The van der Waals surface area contributed by atoms with E-state index >= 15 is 0 Å². The summed E-state index contributed by atoms with van der Waals surface area (Å²) < 4.78 is 6.58. The minimum absolute atomic E-state index is 0.103. The zero-order valence-electron chi connectivity index (χ0n) is 13.4. The molecule has 2 aromatic rings. The molecule has 5 nitrogen and oxygen atoms in total. The Kier molecular flexibility index (Phi) is 4.21. The summed E-state index contributed by atoms with van der Waals surface area (Å²) in [5, 5.41) is 5.90. The number of hydrogen-bond donors (Lipinski definition) is 2. The van der Waals surface area contributed by atoms with Crippen molar-refractivity contribution in [1.29, 1.82) is 0 Å². The van der Waals surface area contributed by atoms with Crippen LogP contribution >= 0.6 is 15.9 Å². The predicted octanol–water partition coefficient (Wildman–Crippen LogP) is 3.51. The highest BCUT2D eigenvalue weighted by atomic mass is 79.9. The zero-order valence-corrected chi connectivity index (χ0v) is 15.0. The molecule has 0 saturated heterocycles. The van der Waals surface area contributed by atoms with Crippen LogP contribution in [0.4, 0.5) is 5.69 Å². The Balaban J connectivity index is 1.49. The molecule has 0 unspecified atom stereocenters. The smallest absolute Gasteiger partial charge is 0.232 e. The Morgan fingerprint density at radius 2 is 2.00 bits per heavy atom. The van der Waals surface area contributed by atoms with Crippen LogP contribution in [0.25, 0.3) is 0 Å². The third-order valence-electron chi connectivity index (χ3n) is 4.66. The second kappa shape index (κ2) is 6.52. The fourth-order valence-corrected chi connectivity index (χ4v) is 3.95. The van der Waals surface area contributed by atoms with Crippen LogP contribution in [-0.4, -0.2) is 18.4 Å². The van der Waals surface area contributed by atoms with Crippen LogP contribution in [0, 0.1) is 0 Å². The molecule has 2 atom stereocenters. The van der Waals surface area contributed by atoms with Crippen LogP contribution in [-0.2, 0) is 9.59 Å². The lowest BCUT2D eigenvalue weighted by molar-refractivity contribution is -0.125. The molecule has 0 fully saturated rings. The van der Waals surface area contributed by atoms with Gasteiger partial charge < -0.3 is 15.4 Å². The molecular weight excluding hydrogens is 384 g/mol. The summed E-state index contributed by atoms with van der Waals surface area (Å²) in [5.41, 5.74) is 2.65. The molecule has 128 valence electrons. The van der Waals surface area contributed by atoms with Gasteiger partial charge in [-0.3, -0.25) is 9.59 Å². The number of fused-ring (bicyclic) bond motifs is 2. The molecule has 4 rings (SSSR count). The Hall–Kier alpha value is -2.34. The van der Waals surface area contributed by atoms with Crippen LogP contribution in [0.5, 0.6) is 5.75 Å². The van der Waals surface area contributed by atoms with E-state index in [0.29, 0.717) is 13.0 Å². The van der Waals surface area contributed by atoms with Gasteiger partial charge in [0.25, 0.3) is 0 Å². The van der Waals surface area contributed by atoms with Crippen molar-refractivity contribution in [1.82, 2.24) is 5.32 Å². The number of carbonyl (C=O) groups is 2. The number of benzene rings is 2. The van der Waals surface area contributed by atoms with Gasteiger partial charge in [-0.05, 0) is 33.6 Å². The number of para-hydroxylation sites is 2. The summed E-state index contributed by atoms with van der Waals surface area (Å²) in [4.78, 5) is 24.8. The Morgan fingerprint density at radius 1 is 1.20 bits per heavy atom. The van der Waals surface area contributed by atoms with Crippen LogP contribution < -0.4 is 15.4 Å². The lowest BCUT2D eigenvalue weighted by atomic mass is 9.95. The molecule has 0 radical (unpaired) electrons. The fraction of sp³-hybridized carbons (Fsp3) is 0.263. The van der Waals surface area contributed by atoms with E-state index in [2.05, 4.69) is 26.6 Å². The highest BCUT2D eigenvalue weighted by Gasteiger charge is 2.33. The number of anilines is 1. The van der Waals surface area contributed by atoms with E-state index in [-0.39, 0.29) is 24.3 Å². The number of rotatable bonds is 3. The van der Waals surface area contributed by atoms with E-state index in [1.54, 1.807) is 0 Å². The minimum Gasteiger partial charge on any atom is -0.492 e. The molecular formula is C19H17BrN2O3. The highest BCUT2D eigenvalue weighted by Crippen LogP contribution is 2.38. The molecule has 6 heteroatoms. The number of halogens is 1. The number of ether oxygens (including phenoxy) is 1. The number of hydrogen-bond acceptors (Lipinski definition) is 3. The minimum atomic E-state index is -0.432. The number of amides is 2. The van der Waals surface area contributed by atoms with Gasteiger partial charge in [-0.2, -0.15) is 0 Å². The molecule has 0 aromatic heterocycles. The first kappa shape index (κ1) is 16.1. The second-order valence-electron chi connectivity index (χ2n) is 6.25. The molecule has 2 N–H and O–H groups in total. The SMILES string of the molecule is O=C(C[C@@H]1C(=O)Nc2ccccc21)N[C@@H]1CCOc2c(Br)cccc21. The molecule has 2 heterocycles. The van der Waals surface area contributed by atoms with Crippen molar-refractivity contribution >= 4 is 33.4 Å². The summed E-state index contributed by atoms with van der Waals surface area (Å²) in [6, 6.07) is 13.2. The molecule has 2 amide bonds. The van der Waals surface area contributed by atoms with Crippen molar-refractivity contribution in [2.75, 3.05) is 11.9 Å². The van der Waals surface area contributed by atoms with Crippen molar-refractivity contribution in [3.8, 4) is 5.75 Å². The van der Waals surface area contributed by atoms with E-state index < -0.39 is 5.92 Å². The summed E-state index contributed by atoms with van der Waals surface area (Å²) in [7, 11) is 0. The van der Waals surface area contributed by atoms with Crippen molar-refractivity contribution in [3.05, 3.63) is 58.1 Å². The van der Waals surface area contributed by atoms with Crippen molar-refractivity contribution in [3.63, 3.8) is 0 Å². The maximum atomic E-state index is 12.6. The molecule has 0 saturated carbocycles. The summed E-state index contributed by atoms with van der Waals surface area (Å²) in [5.74, 6) is 0.0992. The Bertz CT molecular complexity index is 852. The quantitative estimate of drug-likeness (QED) is 0.827. The van der Waals surface area contributed by atoms with Gasteiger partial charge in [0.2, 0.25) is 11.8 Å². The number of nitrogens with one attached hydrogen (secondary N) is 2. The van der Waals surface area contributed by atoms with Gasteiger partial charge in [-0.1, -0.05) is 30.3 Å². The van der Waals surface area contributed by atoms with Crippen LogP contribution in [0.15, 0.2) is 46.9 Å². The monoisotopic (exact) mass is 400 g/mol. The van der Waals surface area contributed by atoms with E-state index in [9.17, 15) is 9.59 Å². The standard InChI is InChI=1S/C19H17BrN2O3/c20-14-6-3-5-12-16(8-9-25-18(12)14)21-17(23)10-13-11-4-1-2-7-15(11)22-19(13)24/h1-7,13,16H,8-10H2,(H,21,23)(H,22,24)/t13-,16+/m0/s1. The van der Waals surface area contributed by atoms with Gasteiger partial charge in [0.15, 0.2) is 0 Å². The van der Waals surface area contributed by atoms with Gasteiger partial charge >= 0.3 is 0 Å². The first-order valence-electron chi connectivity index (χ1n) is 8.24. The van der Waals surface area contributed by atoms with Crippen molar-refractivity contribution in [2.24, 2.45) is 0 Å².